The number of carbonyl (C=O) groups excluding carboxylic acids is 1. The quantitative estimate of drug-likeness (QED) is 0.554. The van der Waals surface area contributed by atoms with Gasteiger partial charge in [-0.2, -0.15) is 0 Å². The van der Waals surface area contributed by atoms with E-state index >= 15 is 0 Å². The Balaban J connectivity index is 2.69. The minimum Gasteiger partial charge on any atom is -0.350 e. The summed E-state index contributed by atoms with van der Waals surface area (Å²) in [7, 11) is 1.49. The van der Waals surface area contributed by atoms with Crippen LogP contribution in [0.3, 0.4) is 0 Å². The van der Waals surface area contributed by atoms with Crippen LogP contribution >= 0.6 is 11.6 Å². The van der Waals surface area contributed by atoms with Gasteiger partial charge in [0, 0.05) is 7.05 Å². The number of nitrogens with zero attached hydrogens (tertiary/aromatic N) is 2. The molecule has 1 aromatic rings. The lowest BCUT2D eigenvalue weighted by molar-refractivity contribution is 0.226. The minimum absolute atomic E-state index is 0.350. The smallest absolute Gasteiger partial charge is 0.333 e. The number of urea groups is 1. The topological polar surface area (TPSA) is 71.2 Å². The van der Waals surface area contributed by atoms with E-state index in [0.29, 0.717) is 11.0 Å². The molecule has 5 nitrogen and oxygen atoms in total. The van der Waals surface area contributed by atoms with Gasteiger partial charge in [-0.05, 0) is 12.1 Å². The second-order valence-electron chi connectivity index (χ2n) is 2.35. The second-order valence-corrected chi connectivity index (χ2v) is 2.74. The number of halogens is 1. The van der Waals surface area contributed by atoms with Crippen molar-refractivity contribution in [3.8, 4) is 0 Å². The molecule has 0 radical (unpaired) electrons. The molecule has 1 aromatic heterocycles. The number of carbonyl (C=O) groups is 1. The number of nitrogens with one attached hydrogen (secondary N) is 1. The Labute approximate surface area is 80.5 Å². The number of hydrogen-bond donors (Lipinski definition) is 2. The highest BCUT2D eigenvalue weighted by molar-refractivity contribution is 6.29. The number of pyridine rings is 1. The van der Waals surface area contributed by atoms with Crippen LogP contribution in [0.4, 0.5) is 10.6 Å². The molecule has 3 N–H and O–H groups in total. The zero-order chi connectivity index (χ0) is 9.84. The van der Waals surface area contributed by atoms with E-state index in [1.807, 2.05) is 0 Å². The number of primary amides is 1. The fraction of sp³-hybridized carbons (Fsp3) is 0.143. The van der Waals surface area contributed by atoms with Crippen LogP contribution in [0.15, 0.2) is 18.2 Å². The average molecular weight is 201 g/mol. The molecule has 0 aliphatic heterocycles. The van der Waals surface area contributed by atoms with Gasteiger partial charge in [0.25, 0.3) is 0 Å². The van der Waals surface area contributed by atoms with E-state index < -0.39 is 6.03 Å². The maximum Gasteiger partial charge on any atom is 0.333 e. The number of amides is 2. The molecule has 1 heterocycles. The molecule has 0 saturated carbocycles. The van der Waals surface area contributed by atoms with Crippen molar-refractivity contribution < 1.29 is 4.79 Å². The number of anilines is 1. The molecule has 0 saturated heterocycles. The number of hydrazine groups is 1. The van der Waals surface area contributed by atoms with Gasteiger partial charge >= 0.3 is 6.03 Å². The standard InChI is InChI=1S/C7H9ClN4O/c1-12(7(9)13)11-6-4-2-3-5(8)10-6/h2-4H,1H3,(H2,9,13)(H,10,11). The minimum atomic E-state index is -0.596. The fourth-order valence-corrected chi connectivity index (χ4v) is 0.861. The highest BCUT2D eigenvalue weighted by atomic mass is 35.5. The van der Waals surface area contributed by atoms with E-state index in [-0.39, 0.29) is 0 Å². The van der Waals surface area contributed by atoms with Crippen molar-refractivity contribution in [2.24, 2.45) is 5.73 Å². The molecule has 0 aliphatic rings. The fourth-order valence-electron chi connectivity index (χ4n) is 0.697. The van der Waals surface area contributed by atoms with Gasteiger partial charge in [0.05, 0.1) is 0 Å². The summed E-state index contributed by atoms with van der Waals surface area (Å²) in [5.41, 5.74) is 7.63. The van der Waals surface area contributed by atoms with Crippen molar-refractivity contribution in [3.63, 3.8) is 0 Å². The van der Waals surface area contributed by atoms with Gasteiger partial charge in [-0.3, -0.25) is 5.43 Å². The molecule has 0 aliphatic carbocycles. The highest BCUT2D eigenvalue weighted by Crippen LogP contribution is 2.09. The predicted octanol–water partition coefficient (Wildman–Crippen LogP) is 1.07. The molecule has 0 bridgehead atoms. The first-order chi connectivity index (χ1) is 6.09. The molecule has 0 unspecified atom stereocenters. The lowest BCUT2D eigenvalue weighted by Gasteiger charge is -2.15. The summed E-state index contributed by atoms with van der Waals surface area (Å²) >= 11 is 5.62. The number of aromatic nitrogens is 1. The van der Waals surface area contributed by atoms with Gasteiger partial charge in [0.1, 0.15) is 11.0 Å². The number of hydrogen-bond acceptors (Lipinski definition) is 3. The molecule has 0 atom stereocenters. The van der Waals surface area contributed by atoms with Crippen molar-refractivity contribution in [2.45, 2.75) is 0 Å². The van der Waals surface area contributed by atoms with Crippen molar-refractivity contribution in [3.05, 3.63) is 23.4 Å². The van der Waals surface area contributed by atoms with E-state index in [0.717, 1.165) is 5.01 Å². The Bertz CT molecular complexity index is 317. The van der Waals surface area contributed by atoms with E-state index in [1.165, 1.54) is 7.05 Å². The largest absolute Gasteiger partial charge is 0.350 e. The van der Waals surface area contributed by atoms with Crippen LogP contribution in [0, 0.1) is 0 Å². The zero-order valence-corrected chi connectivity index (χ0v) is 7.75. The van der Waals surface area contributed by atoms with E-state index in [2.05, 4.69) is 10.4 Å². The first-order valence-electron chi connectivity index (χ1n) is 3.52. The molecule has 0 spiro atoms. The van der Waals surface area contributed by atoms with Crippen molar-refractivity contribution in [1.29, 1.82) is 0 Å². The summed E-state index contributed by atoms with van der Waals surface area (Å²) in [6.07, 6.45) is 0. The number of nitrogens with two attached hydrogens (primary N) is 1. The molecule has 0 fully saturated rings. The molecule has 6 heteroatoms. The van der Waals surface area contributed by atoms with Crippen LogP contribution in [0.25, 0.3) is 0 Å². The third-order valence-electron chi connectivity index (χ3n) is 1.33. The first-order valence-corrected chi connectivity index (χ1v) is 3.90. The molecule has 1 rings (SSSR count). The lowest BCUT2D eigenvalue weighted by atomic mass is 10.5. The van der Waals surface area contributed by atoms with Gasteiger partial charge < -0.3 is 5.73 Å². The van der Waals surface area contributed by atoms with Gasteiger partial charge in [-0.15, -0.1) is 0 Å². The average Bonchev–Trinajstić information content (AvgIpc) is 2.04. The van der Waals surface area contributed by atoms with Crippen LogP contribution in [0.2, 0.25) is 5.15 Å². The Morgan fingerprint density at radius 3 is 2.92 bits per heavy atom. The van der Waals surface area contributed by atoms with Gasteiger partial charge in [0.15, 0.2) is 0 Å². The normalized spacial score (nSPS) is 9.38. The number of rotatable bonds is 2. The van der Waals surface area contributed by atoms with E-state index in [9.17, 15) is 4.79 Å². The predicted molar refractivity (Wildman–Crippen MR) is 50.2 cm³/mol. The van der Waals surface area contributed by atoms with Crippen LogP contribution in [-0.2, 0) is 0 Å². The third kappa shape index (κ3) is 2.79. The highest BCUT2D eigenvalue weighted by Gasteiger charge is 2.02. The molecular formula is C7H9ClN4O. The van der Waals surface area contributed by atoms with Crippen LogP contribution in [0.5, 0.6) is 0 Å². The van der Waals surface area contributed by atoms with Crippen LogP contribution in [0.1, 0.15) is 0 Å². The Hall–Kier alpha value is -1.49. The summed E-state index contributed by atoms with van der Waals surface area (Å²) in [6, 6.07) is 4.43. The molecular weight excluding hydrogens is 192 g/mol. The molecule has 70 valence electrons. The lowest BCUT2D eigenvalue weighted by Crippen LogP contribution is -2.36. The maximum atomic E-state index is 10.6. The summed E-state index contributed by atoms with van der Waals surface area (Å²) in [4.78, 5) is 14.5. The Morgan fingerprint density at radius 2 is 2.38 bits per heavy atom. The SMILES string of the molecule is CN(Nc1cccc(Cl)n1)C(N)=O. The second kappa shape index (κ2) is 3.95. The van der Waals surface area contributed by atoms with Crippen molar-refractivity contribution >= 4 is 23.4 Å². The molecule has 2 amide bonds. The van der Waals surface area contributed by atoms with Crippen molar-refractivity contribution in [1.82, 2.24) is 9.99 Å². The Kier molecular flexibility index (Phi) is 2.92. The van der Waals surface area contributed by atoms with Gasteiger partial charge in [-0.25, -0.2) is 14.8 Å². The summed E-state index contributed by atoms with van der Waals surface area (Å²) in [5.74, 6) is 0.466. The van der Waals surface area contributed by atoms with Gasteiger partial charge in [0.2, 0.25) is 0 Å². The van der Waals surface area contributed by atoms with Gasteiger partial charge in [-0.1, -0.05) is 17.7 Å². The monoisotopic (exact) mass is 200 g/mol. The van der Waals surface area contributed by atoms with Crippen molar-refractivity contribution in [2.75, 3.05) is 12.5 Å². The zero-order valence-electron chi connectivity index (χ0n) is 6.99. The third-order valence-corrected chi connectivity index (χ3v) is 1.54. The van der Waals surface area contributed by atoms with Crippen LogP contribution < -0.4 is 11.2 Å². The summed E-state index contributed by atoms with van der Waals surface area (Å²) < 4.78 is 0. The van der Waals surface area contributed by atoms with Crippen LogP contribution in [-0.4, -0.2) is 23.1 Å². The van der Waals surface area contributed by atoms with E-state index in [4.69, 9.17) is 17.3 Å². The maximum absolute atomic E-state index is 10.6. The molecule has 0 aromatic carbocycles. The Morgan fingerprint density at radius 1 is 1.69 bits per heavy atom. The summed E-state index contributed by atoms with van der Waals surface area (Å²) in [5, 5.41) is 1.46. The summed E-state index contributed by atoms with van der Waals surface area (Å²) in [6.45, 7) is 0. The van der Waals surface area contributed by atoms with E-state index in [1.54, 1.807) is 18.2 Å². The first kappa shape index (κ1) is 9.60. The molecule has 13 heavy (non-hydrogen) atoms.